The number of thioether (sulfide) groups is 1. The Bertz CT molecular complexity index is 584. The van der Waals surface area contributed by atoms with Gasteiger partial charge in [0.05, 0.1) is 17.6 Å². The Morgan fingerprint density at radius 1 is 1.43 bits per heavy atom. The standard InChI is InChI=1S/C15H24N4O3S/c1-9-10(2)19(7-8-22-4)15(16-9)23-11(3)13(20)18-14(21)17-12-5-6-12/h11-12H,5-8H2,1-4H3,(H2,17,18,20,21)/t11-/m0/s1. The van der Waals surface area contributed by atoms with Crippen LogP contribution in [-0.4, -0.2) is 46.5 Å². The van der Waals surface area contributed by atoms with Gasteiger partial charge in [0.1, 0.15) is 0 Å². The maximum absolute atomic E-state index is 12.1. The van der Waals surface area contributed by atoms with Crippen LogP contribution in [0.25, 0.3) is 0 Å². The number of aryl methyl sites for hydroxylation is 1. The van der Waals surface area contributed by atoms with E-state index in [1.165, 1.54) is 11.8 Å². The number of hydrogen-bond acceptors (Lipinski definition) is 5. The summed E-state index contributed by atoms with van der Waals surface area (Å²) in [5.74, 6) is -0.315. The largest absolute Gasteiger partial charge is 0.383 e. The average molecular weight is 340 g/mol. The van der Waals surface area contributed by atoms with Gasteiger partial charge in [0.25, 0.3) is 0 Å². The Kier molecular flexibility index (Phi) is 6.06. The first kappa shape index (κ1) is 17.8. The molecule has 1 aromatic heterocycles. The Balaban J connectivity index is 1.95. The third-order valence-corrected chi connectivity index (χ3v) is 4.83. The number of carbonyl (C=O) groups excluding carboxylic acids is 2. The van der Waals surface area contributed by atoms with Crippen LogP contribution in [0.15, 0.2) is 5.16 Å². The molecule has 128 valence electrons. The van der Waals surface area contributed by atoms with Crippen molar-refractivity contribution in [3.05, 3.63) is 11.4 Å². The first-order chi connectivity index (χ1) is 10.9. The number of nitrogens with zero attached hydrogens (tertiary/aromatic N) is 2. The summed E-state index contributed by atoms with van der Waals surface area (Å²) in [6.45, 7) is 6.97. The zero-order valence-electron chi connectivity index (χ0n) is 14.0. The van der Waals surface area contributed by atoms with Gasteiger partial charge >= 0.3 is 6.03 Å². The number of hydrogen-bond donors (Lipinski definition) is 2. The van der Waals surface area contributed by atoms with Crippen molar-refractivity contribution in [2.45, 2.75) is 56.6 Å². The molecule has 1 aromatic rings. The van der Waals surface area contributed by atoms with Gasteiger partial charge in [-0.3, -0.25) is 10.1 Å². The zero-order chi connectivity index (χ0) is 17.0. The van der Waals surface area contributed by atoms with Crippen LogP contribution >= 0.6 is 11.8 Å². The van der Waals surface area contributed by atoms with Gasteiger partial charge in [-0.15, -0.1) is 0 Å². The fraction of sp³-hybridized carbons (Fsp3) is 0.667. The fourth-order valence-electron chi connectivity index (χ4n) is 2.03. The van der Waals surface area contributed by atoms with Crippen LogP contribution in [0.5, 0.6) is 0 Å². The molecule has 1 heterocycles. The number of imide groups is 1. The molecule has 0 aromatic carbocycles. The number of methoxy groups -OCH3 is 1. The molecule has 0 bridgehead atoms. The lowest BCUT2D eigenvalue weighted by atomic mass is 10.4. The van der Waals surface area contributed by atoms with Crippen LogP contribution in [0.2, 0.25) is 0 Å². The number of carbonyl (C=O) groups is 2. The third-order valence-electron chi connectivity index (χ3n) is 3.74. The minimum atomic E-state index is -0.417. The molecule has 1 atom stereocenters. The van der Waals surface area contributed by atoms with E-state index >= 15 is 0 Å². The van der Waals surface area contributed by atoms with E-state index in [9.17, 15) is 9.59 Å². The summed E-state index contributed by atoms with van der Waals surface area (Å²) in [6.07, 6.45) is 1.98. The molecule has 23 heavy (non-hydrogen) atoms. The minimum Gasteiger partial charge on any atom is -0.383 e. The Labute approximate surface area is 140 Å². The van der Waals surface area contributed by atoms with Crippen molar-refractivity contribution in [1.29, 1.82) is 0 Å². The number of ether oxygens (including phenoxy) is 1. The van der Waals surface area contributed by atoms with E-state index < -0.39 is 11.3 Å². The maximum Gasteiger partial charge on any atom is 0.321 e. The highest BCUT2D eigenvalue weighted by molar-refractivity contribution is 8.00. The van der Waals surface area contributed by atoms with E-state index in [-0.39, 0.29) is 11.9 Å². The number of rotatable bonds is 7. The van der Waals surface area contributed by atoms with E-state index in [2.05, 4.69) is 15.6 Å². The molecule has 1 saturated carbocycles. The molecule has 1 aliphatic carbocycles. The Hall–Kier alpha value is -1.54. The highest BCUT2D eigenvalue weighted by atomic mass is 32.2. The number of urea groups is 1. The topological polar surface area (TPSA) is 85.2 Å². The van der Waals surface area contributed by atoms with E-state index in [0.29, 0.717) is 13.2 Å². The summed E-state index contributed by atoms with van der Waals surface area (Å²) in [7, 11) is 1.65. The second kappa shape index (κ2) is 7.83. The molecule has 1 fully saturated rings. The van der Waals surface area contributed by atoms with Crippen molar-refractivity contribution in [1.82, 2.24) is 20.2 Å². The lowest BCUT2D eigenvalue weighted by Gasteiger charge is -2.13. The van der Waals surface area contributed by atoms with Gasteiger partial charge in [-0.25, -0.2) is 9.78 Å². The molecule has 0 spiro atoms. The zero-order valence-corrected chi connectivity index (χ0v) is 14.8. The molecule has 0 radical (unpaired) electrons. The van der Waals surface area contributed by atoms with Crippen LogP contribution < -0.4 is 10.6 Å². The van der Waals surface area contributed by atoms with Gasteiger partial charge < -0.3 is 14.6 Å². The number of amides is 3. The highest BCUT2D eigenvalue weighted by Gasteiger charge is 2.26. The summed E-state index contributed by atoms with van der Waals surface area (Å²) in [5, 5.41) is 5.47. The van der Waals surface area contributed by atoms with Crippen molar-refractivity contribution in [3.63, 3.8) is 0 Å². The maximum atomic E-state index is 12.1. The third kappa shape index (κ3) is 4.97. The van der Waals surface area contributed by atoms with E-state index in [1.807, 2.05) is 18.4 Å². The molecular formula is C15H24N4O3S. The Morgan fingerprint density at radius 2 is 2.13 bits per heavy atom. The first-order valence-electron chi connectivity index (χ1n) is 7.73. The highest BCUT2D eigenvalue weighted by Crippen LogP contribution is 2.25. The van der Waals surface area contributed by atoms with E-state index in [0.717, 1.165) is 29.4 Å². The van der Waals surface area contributed by atoms with Crippen molar-refractivity contribution < 1.29 is 14.3 Å². The van der Waals surface area contributed by atoms with Crippen LogP contribution in [0.4, 0.5) is 4.79 Å². The molecule has 0 unspecified atom stereocenters. The monoisotopic (exact) mass is 340 g/mol. The fourth-order valence-corrected chi connectivity index (χ4v) is 3.06. The molecule has 1 aliphatic rings. The second-order valence-electron chi connectivity index (χ2n) is 5.71. The van der Waals surface area contributed by atoms with Crippen molar-refractivity contribution in [2.75, 3.05) is 13.7 Å². The van der Waals surface area contributed by atoms with E-state index in [4.69, 9.17) is 4.74 Å². The van der Waals surface area contributed by atoms with Gasteiger partial charge in [0.15, 0.2) is 5.16 Å². The lowest BCUT2D eigenvalue weighted by Crippen LogP contribution is -2.43. The second-order valence-corrected chi connectivity index (χ2v) is 7.01. The number of aromatic nitrogens is 2. The van der Waals surface area contributed by atoms with E-state index in [1.54, 1.807) is 14.0 Å². The lowest BCUT2D eigenvalue weighted by molar-refractivity contribution is -0.119. The smallest absolute Gasteiger partial charge is 0.321 e. The van der Waals surface area contributed by atoms with Crippen molar-refractivity contribution in [2.24, 2.45) is 0 Å². The molecule has 0 aliphatic heterocycles. The molecule has 8 heteroatoms. The van der Waals surface area contributed by atoms with Crippen molar-refractivity contribution >= 4 is 23.7 Å². The van der Waals surface area contributed by atoms with Gasteiger partial charge in [0, 0.05) is 25.4 Å². The molecule has 0 saturated heterocycles. The van der Waals surface area contributed by atoms with Gasteiger partial charge in [0.2, 0.25) is 5.91 Å². The molecule has 7 nitrogen and oxygen atoms in total. The number of imidazole rings is 1. The predicted molar refractivity (Wildman–Crippen MR) is 88.6 cm³/mol. The van der Waals surface area contributed by atoms with Crippen LogP contribution in [0.3, 0.4) is 0 Å². The number of nitrogens with one attached hydrogen (secondary N) is 2. The van der Waals surface area contributed by atoms with Crippen molar-refractivity contribution in [3.8, 4) is 0 Å². The predicted octanol–water partition coefficient (Wildman–Crippen LogP) is 1.62. The van der Waals surface area contributed by atoms with Crippen LogP contribution in [-0.2, 0) is 16.1 Å². The van der Waals surface area contributed by atoms with Gasteiger partial charge in [-0.1, -0.05) is 11.8 Å². The minimum absolute atomic E-state index is 0.226. The molecule has 2 N–H and O–H groups in total. The SMILES string of the molecule is COCCn1c(S[C@@H](C)C(=O)NC(=O)NC2CC2)nc(C)c1C. The summed E-state index contributed by atoms with van der Waals surface area (Å²) in [4.78, 5) is 28.3. The van der Waals surface area contributed by atoms with Crippen LogP contribution in [0.1, 0.15) is 31.2 Å². The molecule has 3 amide bonds. The normalized spacial score (nSPS) is 15.3. The summed E-state index contributed by atoms with van der Waals surface area (Å²) >= 11 is 1.34. The summed E-state index contributed by atoms with van der Waals surface area (Å²) in [6, 6.07) is -0.191. The first-order valence-corrected chi connectivity index (χ1v) is 8.61. The molecule has 2 rings (SSSR count). The quantitative estimate of drug-likeness (QED) is 0.737. The Morgan fingerprint density at radius 3 is 2.74 bits per heavy atom. The average Bonchev–Trinajstić information content (AvgIpc) is 3.25. The summed E-state index contributed by atoms with van der Waals surface area (Å²) < 4.78 is 7.16. The van der Waals surface area contributed by atoms with Gasteiger partial charge in [-0.05, 0) is 33.6 Å². The van der Waals surface area contributed by atoms with Gasteiger partial charge in [-0.2, -0.15) is 0 Å². The molecular weight excluding hydrogens is 316 g/mol. The van der Waals surface area contributed by atoms with Crippen LogP contribution in [0, 0.1) is 13.8 Å². The summed E-state index contributed by atoms with van der Waals surface area (Å²) in [5.41, 5.74) is 1.99.